The molecule has 0 bridgehead atoms. The van der Waals surface area contributed by atoms with E-state index in [0.717, 1.165) is 15.6 Å². The van der Waals surface area contributed by atoms with Crippen molar-refractivity contribution in [2.24, 2.45) is 0 Å². The highest BCUT2D eigenvalue weighted by molar-refractivity contribution is 7.15. The van der Waals surface area contributed by atoms with Gasteiger partial charge >= 0.3 is 0 Å². The van der Waals surface area contributed by atoms with Crippen molar-refractivity contribution in [1.29, 1.82) is 5.26 Å². The average molecular weight is 242 g/mol. The Labute approximate surface area is 106 Å². The lowest BCUT2D eigenvalue weighted by Crippen LogP contribution is -1.84. The maximum absolute atomic E-state index is 8.75. The molecule has 1 aromatic carbocycles. The van der Waals surface area contributed by atoms with Gasteiger partial charge in [0.25, 0.3) is 0 Å². The number of thiazole rings is 1. The Hall–Kier alpha value is -1.66. The Balaban J connectivity index is 2.50. The first-order chi connectivity index (χ1) is 8.11. The van der Waals surface area contributed by atoms with Crippen molar-refractivity contribution in [3.05, 3.63) is 39.9 Å². The normalized spacial score (nSPS) is 10.2. The highest BCUT2D eigenvalue weighted by Crippen LogP contribution is 2.30. The molecular weight excluding hydrogens is 228 g/mol. The largest absolute Gasteiger partial charge is 0.241 e. The van der Waals surface area contributed by atoms with Crippen molar-refractivity contribution in [2.45, 2.75) is 27.2 Å². The number of aryl methyl sites for hydroxylation is 3. The molecule has 3 heteroatoms. The second-order valence-corrected chi connectivity index (χ2v) is 5.26. The summed E-state index contributed by atoms with van der Waals surface area (Å²) in [7, 11) is 0. The van der Waals surface area contributed by atoms with Crippen LogP contribution in [0.5, 0.6) is 0 Å². The van der Waals surface area contributed by atoms with Gasteiger partial charge in [-0.15, -0.1) is 11.3 Å². The zero-order valence-corrected chi connectivity index (χ0v) is 11.1. The zero-order chi connectivity index (χ0) is 12.4. The molecule has 0 aliphatic heterocycles. The van der Waals surface area contributed by atoms with Gasteiger partial charge in [0.15, 0.2) is 0 Å². The van der Waals surface area contributed by atoms with Crippen molar-refractivity contribution >= 4 is 11.3 Å². The Bertz CT molecular complexity index is 591. The molecule has 0 spiro atoms. The van der Waals surface area contributed by atoms with Gasteiger partial charge < -0.3 is 0 Å². The Morgan fingerprint density at radius 1 is 1.29 bits per heavy atom. The number of nitrogens with zero attached hydrogens (tertiary/aromatic N) is 2. The Morgan fingerprint density at radius 2 is 2.06 bits per heavy atom. The van der Waals surface area contributed by atoms with Crippen LogP contribution < -0.4 is 0 Å². The third-order valence-electron chi connectivity index (χ3n) is 2.76. The molecule has 0 amide bonds. The third-order valence-corrected chi connectivity index (χ3v) is 3.95. The molecule has 0 aliphatic rings. The highest BCUT2D eigenvalue weighted by atomic mass is 32.1. The SMILES string of the molecule is Cc1ccc(C)c(-c2nc(C)c(CC#N)s2)c1. The minimum Gasteiger partial charge on any atom is -0.241 e. The molecule has 2 aromatic rings. The van der Waals surface area contributed by atoms with Crippen LogP contribution >= 0.6 is 11.3 Å². The van der Waals surface area contributed by atoms with Gasteiger partial charge in [-0.25, -0.2) is 4.98 Å². The number of aromatic nitrogens is 1. The molecule has 0 saturated heterocycles. The summed E-state index contributed by atoms with van der Waals surface area (Å²) in [4.78, 5) is 5.64. The maximum Gasteiger partial charge on any atom is 0.124 e. The number of nitriles is 1. The minimum absolute atomic E-state index is 0.453. The Morgan fingerprint density at radius 3 is 2.76 bits per heavy atom. The molecule has 1 aromatic heterocycles. The van der Waals surface area contributed by atoms with E-state index in [-0.39, 0.29) is 0 Å². The molecule has 17 heavy (non-hydrogen) atoms. The Kier molecular flexibility index (Phi) is 3.26. The number of benzene rings is 1. The summed E-state index contributed by atoms with van der Waals surface area (Å²) >= 11 is 1.63. The fraction of sp³-hybridized carbons (Fsp3) is 0.286. The van der Waals surface area contributed by atoms with Crippen LogP contribution in [0, 0.1) is 32.1 Å². The molecule has 0 saturated carbocycles. The van der Waals surface area contributed by atoms with Gasteiger partial charge in [0.05, 0.1) is 18.2 Å². The fourth-order valence-electron chi connectivity index (χ4n) is 1.75. The third kappa shape index (κ3) is 2.37. The van der Waals surface area contributed by atoms with E-state index < -0.39 is 0 Å². The van der Waals surface area contributed by atoms with Crippen molar-refractivity contribution in [3.8, 4) is 16.6 Å². The van der Waals surface area contributed by atoms with Crippen LogP contribution in [0.3, 0.4) is 0 Å². The van der Waals surface area contributed by atoms with Gasteiger partial charge in [-0.1, -0.05) is 17.7 Å². The second-order valence-electron chi connectivity index (χ2n) is 4.18. The summed E-state index contributed by atoms with van der Waals surface area (Å²) in [5.41, 5.74) is 4.63. The molecule has 0 atom stereocenters. The van der Waals surface area contributed by atoms with E-state index in [1.165, 1.54) is 16.7 Å². The monoisotopic (exact) mass is 242 g/mol. The fourth-order valence-corrected chi connectivity index (χ4v) is 2.82. The predicted molar refractivity (Wildman–Crippen MR) is 71.1 cm³/mol. The van der Waals surface area contributed by atoms with E-state index >= 15 is 0 Å². The second kappa shape index (κ2) is 4.68. The molecule has 2 rings (SSSR count). The topological polar surface area (TPSA) is 36.7 Å². The van der Waals surface area contributed by atoms with Crippen LogP contribution in [0.25, 0.3) is 10.6 Å². The van der Waals surface area contributed by atoms with Crippen LogP contribution in [0.4, 0.5) is 0 Å². The van der Waals surface area contributed by atoms with Crippen LogP contribution in [0.1, 0.15) is 21.7 Å². The lowest BCUT2D eigenvalue weighted by atomic mass is 10.1. The molecule has 86 valence electrons. The lowest BCUT2D eigenvalue weighted by Gasteiger charge is -2.03. The quantitative estimate of drug-likeness (QED) is 0.803. The van der Waals surface area contributed by atoms with E-state index in [0.29, 0.717) is 6.42 Å². The van der Waals surface area contributed by atoms with Crippen molar-refractivity contribution < 1.29 is 0 Å². The van der Waals surface area contributed by atoms with Gasteiger partial charge in [0.1, 0.15) is 5.01 Å². The molecule has 2 nitrogen and oxygen atoms in total. The van der Waals surface area contributed by atoms with E-state index in [1.54, 1.807) is 11.3 Å². The van der Waals surface area contributed by atoms with Gasteiger partial charge in [-0.2, -0.15) is 5.26 Å². The van der Waals surface area contributed by atoms with Crippen molar-refractivity contribution in [3.63, 3.8) is 0 Å². The summed E-state index contributed by atoms with van der Waals surface area (Å²) in [6.45, 7) is 6.15. The minimum atomic E-state index is 0.453. The zero-order valence-electron chi connectivity index (χ0n) is 10.2. The van der Waals surface area contributed by atoms with Gasteiger partial charge in [0.2, 0.25) is 0 Å². The van der Waals surface area contributed by atoms with E-state index in [9.17, 15) is 0 Å². The average Bonchev–Trinajstić information content (AvgIpc) is 2.64. The summed E-state index contributed by atoms with van der Waals surface area (Å²) in [5, 5.41) is 9.77. The number of hydrogen-bond donors (Lipinski definition) is 0. The number of hydrogen-bond acceptors (Lipinski definition) is 3. The molecular formula is C14H14N2S. The van der Waals surface area contributed by atoms with Crippen molar-refractivity contribution in [1.82, 2.24) is 4.98 Å². The summed E-state index contributed by atoms with van der Waals surface area (Å²) in [5.74, 6) is 0. The van der Waals surface area contributed by atoms with Gasteiger partial charge in [0, 0.05) is 10.4 Å². The van der Waals surface area contributed by atoms with Crippen LogP contribution in [0.2, 0.25) is 0 Å². The molecule has 0 N–H and O–H groups in total. The van der Waals surface area contributed by atoms with Crippen LogP contribution in [-0.2, 0) is 6.42 Å². The maximum atomic E-state index is 8.75. The van der Waals surface area contributed by atoms with E-state index in [2.05, 4.69) is 43.1 Å². The molecule has 1 heterocycles. The highest BCUT2D eigenvalue weighted by Gasteiger charge is 2.11. The van der Waals surface area contributed by atoms with Crippen molar-refractivity contribution in [2.75, 3.05) is 0 Å². The van der Waals surface area contributed by atoms with Crippen LogP contribution in [0.15, 0.2) is 18.2 Å². The first kappa shape index (κ1) is 11.8. The standard InChI is InChI=1S/C14H14N2S/c1-9-4-5-10(2)12(8-9)14-16-11(3)13(17-14)6-7-15/h4-5,8H,6H2,1-3H3. The lowest BCUT2D eigenvalue weighted by molar-refractivity contribution is 1.18. The molecule has 0 unspecified atom stereocenters. The summed E-state index contributed by atoms with van der Waals surface area (Å²) < 4.78 is 0. The molecule has 0 aliphatic carbocycles. The summed E-state index contributed by atoms with van der Waals surface area (Å²) in [6, 6.07) is 8.57. The van der Waals surface area contributed by atoms with E-state index in [4.69, 9.17) is 5.26 Å². The predicted octanol–water partition coefficient (Wildman–Crippen LogP) is 3.80. The first-order valence-corrected chi connectivity index (χ1v) is 6.34. The summed E-state index contributed by atoms with van der Waals surface area (Å²) in [6.07, 6.45) is 0.453. The van der Waals surface area contributed by atoms with Crippen LogP contribution in [-0.4, -0.2) is 4.98 Å². The molecule has 0 radical (unpaired) electrons. The van der Waals surface area contributed by atoms with Gasteiger partial charge in [-0.3, -0.25) is 0 Å². The number of rotatable bonds is 2. The van der Waals surface area contributed by atoms with E-state index in [1.807, 2.05) is 6.92 Å². The first-order valence-electron chi connectivity index (χ1n) is 5.52. The smallest absolute Gasteiger partial charge is 0.124 e. The molecule has 0 fully saturated rings. The van der Waals surface area contributed by atoms with Gasteiger partial charge in [-0.05, 0) is 32.4 Å².